The summed E-state index contributed by atoms with van der Waals surface area (Å²) in [6.45, 7) is 0.581. The van der Waals surface area contributed by atoms with E-state index in [2.05, 4.69) is 27.9 Å². The molecule has 0 atom stereocenters. The van der Waals surface area contributed by atoms with Crippen LogP contribution in [0.1, 0.15) is 11.1 Å². The zero-order valence-corrected chi connectivity index (χ0v) is 13.3. The van der Waals surface area contributed by atoms with E-state index in [0.717, 1.165) is 33.1 Å². The Balaban J connectivity index is 1.86. The average molecular weight is 320 g/mol. The summed E-state index contributed by atoms with van der Waals surface area (Å²) in [4.78, 5) is 9.62. The zero-order chi connectivity index (χ0) is 16.1. The van der Waals surface area contributed by atoms with Gasteiger partial charge in [0.05, 0.1) is 5.69 Å². The minimum atomic E-state index is 0.581. The van der Waals surface area contributed by atoms with Crippen molar-refractivity contribution in [2.45, 2.75) is 11.4 Å². The summed E-state index contributed by atoms with van der Waals surface area (Å²) in [6.07, 6.45) is 4.84. The molecule has 5 heteroatoms. The van der Waals surface area contributed by atoms with Crippen LogP contribution in [0.4, 0.5) is 5.82 Å². The van der Waals surface area contributed by atoms with E-state index in [9.17, 15) is 0 Å². The fourth-order valence-electron chi connectivity index (χ4n) is 2.32. The fourth-order valence-corrected chi connectivity index (χ4v) is 2.62. The highest BCUT2D eigenvalue weighted by molar-refractivity contribution is 7.80. The molecule has 0 aliphatic rings. The molecule has 0 bridgehead atoms. The van der Waals surface area contributed by atoms with Crippen molar-refractivity contribution >= 4 is 24.7 Å². The number of aromatic nitrogens is 2. The van der Waals surface area contributed by atoms with E-state index in [4.69, 9.17) is 5.41 Å². The van der Waals surface area contributed by atoms with Gasteiger partial charge in [0, 0.05) is 41.2 Å². The lowest BCUT2D eigenvalue weighted by molar-refractivity contribution is 1.07. The van der Waals surface area contributed by atoms with Gasteiger partial charge < -0.3 is 10.7 Å². The molecule has 0 fully saturated rings. The van der Waals surface area contributed by atoms with Crippen molar-refractivity contribution in [1.29, 1.82) is 5.41 Å². The summed E-state index contributed by atoms with van der Waals surface area (Å²) in [6, 6.07) is 15.5. The summed E-state index contributed by atoms with van der Waals surface area (Å²) < 4.78 is 0. The molecule has 0 spiro atoms. The van der Waals surface area contributed by atoms with Crippen LogP contribution in [0.25, 0.3) is 11.3 Å². The minimum Gasteiger partial charge on any atom is -0.365 e. The first-order valence-electron chi connectivity index (χ1n) is 7.21. The van der Waals surface area contributed by atoms with Crippen molar-refractivity contribution in [2.75, 3.05) is 5.32 Å². The second-order valence-corrected chi connectivity index (χ2v) is 5.41. The Bertz CT molecular complexity index is 818. The smallest absolute Gasteiger partial charge is 0.135 e. The molecule has 0 unspecified atom stereocenters. The number of hydrogen-bond donors (Lipinski definition) is 3. The highest BCUT2D eigenvalue weighted by Gasteiger charge is 2.08. The Morgan fingerprint density at radius 2 is 1.87 bits per heavy atom. The SMILES string of the molecule is N=Cc1cccc(CNc2ncccc2-c2ccccn2)c1S. The van der Waals surface area contributed by atoms with Crippen molar-refractivity contribution in [3.05, 3.63) is 72.1 Å². The van der Waals surface area contributed by atoms with Gasteiger partial charge in [0.15, 0.2) is 0 Å². The van der Waals surface area contributed by atoms with Gasteiger partial charge in [-0.3, -0.25) is 4.98 Å². The van der Waals surface area contributed by atoms with Crippen molar-refractivity contribution in [1.82, 2.24) is 9.97 Å². The van der Waals surface area contributed by atoms with Crippen LogP contribution in [-0.4, -0.2) is 16.2 Å². The number of nitrogens with one attached hydrogen (secondary N) is 2. The molecular formula is C18H16N4S. The largest absolute Gasteiger partial charge is 0.365 e. The van der Waals surface area contributed by atoms with E-state index in [1.807, 2.05) is 48.5 Å². The second kappa shape index (κ2) is 7.07. The number of anilines is 1. The maximum atomic E-state index is 7.41. The van der Waals surface area contributed by atoms with Crippen LogP contribution in [0.5, 0.6) is 0 Å². The molecule has 3 aromatic rings. The van der Waals surface area contributed by atoms with Crippen LogP contribution >= 0.6 is 12.6 Å². The third-order valence-electron chi connectivity index (χ3n) is 3.50. The summed E-state index contributed by atoms with van der Waals surface area (Å²) >= 11 is 4.51. The van der Waals surface area contributed by atoms with Gasteiger partial charge >= 0.3 is 0 Å². The molecule has 0 radical (unpaired) electrons. The molecule has 0 saturated heterocycles. The Morgan fingerprint density at radius 3 is 2.65 bits per heavy atom. The van der Waals surface area contributed by atoms with E-state index in [0.29, 0.717) is 6.54 Å². The molecule has 2 aromatic heterocycles. The normalized spacial score (nSPS) is 10.3. The van der Waals surface area contributed by atoms with Crippen LogP contribution in [0.15, 0.2) is 65.8 Å². The molecule has 2 N–H and O–H groups in total. The number of hydrogen-bond acceptors (Lipinski definition) is 5. The molecule has 0 saturated carbocycles. The van der Waals surface area contributed by atoms with Crippen molar-refractivity contribution in [3.63, 3.8) is 0 Å². The van der Waals surface area contributed by atoms with Crippen molar-refractivity contribution in [2.24, 2.45) is 0 Å². The van der Waals surface area contributed by atoms with Crippen molar-refractivity contribution in [3.8, 4) is 11.3 Å². The predicted octanol–water partition coefficient (Wildman–Crippen LogP) is 4.04. The minimum absolute atomic E-state index is 0.581. The molecule has 0 amide bonds. The molecule has 114 valence electrons. The highest BCUT2D eigenvalue weighted by Crippen LogP contribution is 2.25. The maximum absolute atomic E-state index is 7.41. The Kier molecular flexibility index (Phi) is 4.68. The van der Waals surface area contributed by atoms with Crippen LogP contribution in [0, 0.1) is 5.41 Å². The summed E-state index contributed by atoms with van der Waals surface area (Å²) in [5.41, 5.74) is 3.66. The van der Waals surface area contributed by atoms with E-state index >= 15 is 0 Å². The first-order valence-corrected chi connectivity index (χ1v) is 7.66. The summed E-state index contributed by atoms with van der Waals surface area (Å²) in [5.74, 6) is 0.777. The van der Waals surface area contributed by atoms with E-state index < -0.39 is 0 Å². The van der Waals surface area contributed by atoms with Gasteiger partial charge in [-0.2, -0.15) is 0 Å². The quantitative estimate of drug-likeness (QED) is 0.491. The maximum Gasteiger partial charge on any atom is 0.135 e. The summed E-state index contributed by atoms with van der Waals surface area (Å²) in [7, 11) is 0. The predicted molar refractivity (Wildman–Crippen MR) is 96.4 cm³/mol. The lowest BCUT2D eigenvalue weighted by atomic mass is 10.1. The summed E-state index contributed by atoms with van der Waals surface area (Å²) in [5, 5.41) is 10.8. The lowest BCUT2D eigenvalue weighted by Gasteiger charge is -2.12. The Hall–Kier alpha value is -2.66. The van der Waals surface area contributed by atoms with Crippen LogP contribution < -0.4 is 5.32 Å². The Labute approximate surface area is 140 Å². The van der Waals surface area contributed by atoms with Crippen molar-refractivity contribution < 1.29 is 0 Å². The fraction of sp³-hybridized carbons (Fsp3) is 0.0556. The molecule has 2 heterocycles. The average Bonchev–Trinajstić information content (AvgIpc) is 2.62. The number of nitrogens with zero attached hydrogens (tertiary/aromatic N) is 2. The number of thiol groups is 1. The second-order valence-electron chi connectivity index (χ2n) is 4.97. The first kappa shape index (κ1) is 15.2. The first-order chi connectivity index (χ1) is 11.3. The van der Waals surface area contributed by atoms with Gasteiger partial charge in [0.25, 0.3) is 0 Å². The molecule has 4 nitrogen and oxygen atoms in total. The molecule has 3 rings (SSSR count). The third kappa shape index (κ3) is 3.40. The van der Waals surface area contributed by atoms with Gasteiger partial charge in [-0.15, -0.1) is 12.6 Å². The van der Waals surface area contributed by atoms with Gasteiger partial charge in [0.2, 0.25) is 0 Å². The molecular weight excluding hydrogens is 304 g/mol. The van der Waals surface area contributed by atoms with Crippen LogP contribution in [-0.2, 0) is 6.54 Å². The van der Waals surface area contributed by atoms with Gasteiger partial charge in [-0.25, -0.2) is 4.98 Å². The third-order valence-corrected chi connectivity index (χ3v) is 4.05. The number of rotatable bonds is 5. The van der Waals surface area contributed by atoms with Gasteiger partial charge in [-0.1, -0.05) is 24.3 Å². The van der Waals surface area contributed by atoms with E-state index in [1.54, 1.807) is 12.4 Å². The number of pyridine rings is 2. The monoisotopic (exact) mass is 320 g/mol. The molecule has 23 heavy (non-hydrogen) atoms. The number of benzene rings is 1. The van der Waals surface area contributed by atoms with E-state index in [1.165, 1.54) is 6.21 Å². The highest BCUT2D eigenvalue weighted by atomic mass is 32.1. The standard InChI is InChI=1S/C18H16N4S/c19-11-13-5-3-6-14(17(13)23)12-22-18-15(7-4-10-21-18)16-8-1-2-9-20-16/h1-11,19,23H,12H2,(H,21,22). The molecule has 0 aliphatic heterocycles. The zero-order valence-electron chi connectivity index (χ0n) is 12.4. The lowest BCUT2D eigenvalue weighted by Crippen LogP contribution is -2.05. The topological polar surface area (TPSA) is 61.7 Å². The van der Waals surface area contributed by atoms with Gasteiger partial charge in [-0.05, 0) is 29.8 Å². The molecule has 1 aromatic carbocycles. The van der Waals surface area contributed by atoms with E-state index in [-0.39, 0.29) is 0 Å². The van der Waals surface area contributed by atoms with Crippen LogP contribution in [0.2, 0.25) is 0 Å². The van der Waals surface area contributed by atoms with Gasteiger partial charge in [0.1, 0.15) is 5.82 Å². The van der Waals surface area contributed by atoms with Crippen LogP contribution in [0.3, 0.4) is 0 Å². The Morgan fingerprint density at radius 1 is 1.00 bits per heavy atom. The molecule has 0 aliphatic carbocycles.